The molecule has 0 atom stereocenters. The smallest absolute Gasteiger partial charge is 0.136 e. The highest BCUT2D eigenvalue weighted by atomic mass is 16.5. The number of benzene rings is 6. The molecule has 0 saturated carbocycles. The summed E-state index contributed by atoms with van der Waals surface area (Å²) in [5, 5.41) is 4.84. The highest BCUT2D eigenvalue weighted by Gasteiger charge is 2.19. The van der Waals surface area contributed by atoms with Crippen molar-refractivity contribution in [3.05, 3.63) is 139 Å². The SMILES string of the molecule is c1ccc2c(c1)oc1cc(-c3ccc4c(c3)-c3cc(-n5c6ccccc6c6ccccc65)ccc3COC4)ccc12. The molecule has 8 aromatic rings. The van der Waals surface area contributed by atoms with Crippen molar-refractivity contribution >= 4 is 43.7 Å². The first-order valence-corrected chi connectivity index (χ1v) is 14.1. The summed E-state index contributed by atoms with van der Waals surface area (Å²) < 4.78 is 14.7. The summed E-state index contributed by atoms with van der Waals surface area (Å²) in [4.78, 5) is 0. The summed E-state index contributed by atoms with van der Waals surface area (Å²) in [6, 6.07) is 45.7. The van der Waals surface area contributed by atoms with Crippen molar-refractivity contribution < 1.29 is 9.15 Å². The van der Waals surface area contributed by atoms with Gasteiger partial charge in [-0.1, -0.05) is 78.9 Å². The Morgan fingerprint density at radius 2 is 1.05 bits per heavy atom. The fourth-order valence-electron chi connectivity index (χ4n) is 6.59. The zero-order chi connectivity index (χ0) is 26.9. The number of rotatable bonds is 2. The van der Waals surface area contributed by atoms with Crippen molar-refractivity contribution in [2.24, 2.45) is 0 Å². The van der Waals surface area contributed by atoms with Gasteiger partial charge in [0.1, 0.15) is 11.2 Å². The predicted molar refractivity (Wildman–Crippen MR) is 167 cm³/mol. The van der Waals surface area contributed by atoms with Crippen LogP contribution in [0.25, 0.3) is 71.7 Å². The van der Waals surface area contributed by atoms with E-state index in [2.05, 4.69) is 120 Å². The molecular formula is C38H25NO2. The van der Waals surface area contributed by atoms with E-state index in [1.807, 2.05) is 12.1 Å². The van der Waals surface area contributed by atoms with Gasteiger partial charge in [0.25, 0.3) is 0 Å². The molecule has 0 saturated heterocycles. The van der Waals surface area contributed by atoms with E-state index < -0.39 is 0 Å². The van der Waals surface area contributed by atoms with E-state index in [-0.39, 0.29) is 0 Å². The first-order chi connectivity index (χ1) is 20.3. The van der Waals surface area contributed by atoms with E-state index in [0.717, 1.165) is 33.2 Å². The van der Waals surface area contributed by atoms with Crippen LogP contribution >= 0.6 is 0 Å². The molecule has 0 amide bonds. The molecule has 0 bridgehead atoms. The van der Waals surface area contributed by atoms with Gasteiger partial charge < -0.3 is 13.7 Å². The van der Waals surface area contributed by atoms with Gasteiger partial charge in [-0.15, -0.1) is 0 Å². The average molecular weight is 528 g/mol. The lowest BCUT2D eigenvalue weighted by atomic mass is 9.92. The Kier molecular flexibility index (Phi) is 4.80. The van der Waals surface area contributed by atoms with E-state index in [4.69, 9.17) is 9.15 Å². The van der Waals surface area contributed by atoms with Crippen molar-refractivity contribution in [1.29, 1.82) is 0 Å². The Balaban J connectivity index is 1.23. The quantitative estimate of drug-likeness (QED) is 0.224. The summed E-state index contributed by atoms with van der Waals surface area (Å²) in [6.45, 7) is 1.19. The van der Waals surface area contributed by atoms with Crippen LogP contribution in [0.2, 0.25) is 0 Å². The van der Waals surface area contributed by atoms with Crippen molar-refractivity contribution in [1.82, 2.24) is 4.57 Å². The lowest BCUT2D eigenvalue weighted by Gasteiger charge is -2.15. The largest absolute Gasteiger partial charge is 0.456 e. The normalized spacial score (nSPS) is 13.1. The minimum absolute atomic E-state index is 0.595. The maximum atomic E-state index is 6.21. The number of furan rings is 1. The monoisotopic (exact) mass is 527 g/mol. The van der Waals surface area contributed by atoms with Crippen molar-refractivity contribution in [3.63, 3.8) is 0 Å². The van der Waals surface area contributed by atoms with Gasteiger partial charge in [-0.2, -0.15) is 0 Å². The van der Waals surface area contributed by atoms with Crippen LogP contribution in [0.5, 0.6) is 0 Å². The molecule has 0 N–H and O–H groups in total. The number of hydrogen-bond donors (Lipinski definition) is 0. The molecule has 1 aliphatic heterocycles. The molecule has 3 nitrogen and oxygen atoms in total. The molecule has 0 aliphatic carbocycles. The van der Waals surface area contributed by atoms with Crippen LogP contribution in [-0.4, -0.2) is 4.57 Å². The minimum Gasteiger partial charge on any atom is -0.456 e. The molecular weight excluding hydrogens is 502 g/mol. The van der Waals surface area contributed by atoms with E-state index in [9.17, 15) is 0 Å². The first kappa shape index (κ1) is 22.7. The van der Waals surface area contributed by atoms with Crippen molar-refractivity contribution in [2.45, 2.75) is 13.2 Å². The van der Waals surface area contributed by atoms with Crippen molar-refractivity contribution in [2.75, 3.05) is 0 Å². The Bertz CT molecular complexity index is 2250. The van der Waals surface area contributed by atoms with Crippen LogP contribution in [-0.2, 0) is 18.0 Å². The van der Waals surface area contributed by atoms with Crippen molar-refractivity contribution in [3.8, 4) is 27.9 Å². The van der Waals surface area contributed by atoms with Gasteiger partial charge in [0.2, 0.25) is 0 Å². The van der Waals surface area contributed by atoms with E-state index in [1.165, 1.54) is 49.6 Å². The number of nitrogens with zero attached hydrogens (tertiary/aromatic N) is 1. The lowest BCUT2D eigenvalue weighted by molar-refractivity contribution is 0.110. The fourth-order valence-corrected chi connectivity index (χ4v) is 6.59. The van der Waals surface area contributed by atoms with Crippen LogP contribution in [0, 0.1) is 0 Å². The molecule has 3 heterocycles. The molecule has 3 heteroatoms. The highest BCUT2D eigenvalue weighted by molar-refractivity contribution is 6.09. The second kappa shape index (κ2) is 8.69. The fraction of sp³-hybridized carbons (Fsp3) is 0.0526. The summed E-state index contributed by atoms with van der Waals surface area (Å²) >= 11 is 0. The van der Waals surface area contributed by atoms with Gasteiger partial charge >= 0.3 is 0 Å². The van der Waals surface area contributed by atoms with E-state index >= 15 is 0 Å². The molecule has 194 valence electrons. The minimum atomic E-state index is 0.595. The van der Waals surface area contributed by atoms with Crippen LogP contribution in [0.1, 0.15) is 11.1 Å². The van der Waals surface area contributed by atoms with Gasteiger partial charge in [0, 0.05) is 27.2 Å². The molecule has 0 fully saturated rings. The van der Waals surface area contributed by atoms with Crippen LogP contribution in [0.15, 0.2) is 132 Å². The number of ether oxygens (including phenoxy) is 1. The second-order valence-corrected chi connectivity index (χ2v) is 10.9. The maximum Gasteiger partial charge on any atom is 0.136 e. The molecule has 9 rings (SSSR count). The Morgan fingerprint density at radius 3 is 1.83 bits per heavy atom. The molecule has 0 spiro atoms. The van der Waals surface area contributed by atoms with Gasteiger partial charge in [-0.3, -0.25) is 0 Å². The Hall–Kier alpha value is -5.12. The third kappa shape index (κ3) is 3.43. The molecule has 41 heavy (non-hydrogen) atoms. The Morgan fingerprint density at radius 1 is 0.463 bits per heavy atom. The Labute approximate surface area is 236 Å². The lowest BCUT2D eigenvalue weighted by Crippen LogP contribution is -1.97. The van der Waals surface area contributed by atoms with Gasteiger partial charge in [0.05, 0.1) is 24.2 Å². The summed E-state index contributed by atoms with van der Waals surface area (Å²) in [7, 11) is 0. The van der Waals surface area contributed by atoms with E-state index in [0.29, 0.717) is 13.2 Å². The second-order valence-electron chi connectivity index (χ2n) is 10.9. The number of hydrogen-bond acceptors (Lipinski definition) is 2. The number of aromatic nitrogens is 1. The third-order valence-electron chi connectivity index (χ3n) is 8.56. The molecule has 0 radical (unpaired) electrons. The van der Waals surface area contributed by atoms with Crippen LogP contribution in [0.3, 0.4) is 0 Å². The van der Waals surface area contributed by atoms with Crippen LogP contribution in [0.4, 0.5) is 0 Å². The maximum absolute atomic E-state index is 6.21. The molecule has 1 aliphatic rings. The van der Waals surface area contributed by atoms with Gasteiger partial charge in [-0.25, -0.2) is 0 Å². The predicted octanol–water partition coefficient (Wildman–Crippen LogP) is 10.0. The third-order valence-corrected chi connectivity index (χ3v) is 8.56. The molecule has 0 unspecified atom stereocenters. The highest BCUT2D eigenvalue weighted by Crippen LogP contribution is 2.39. The summed E-state index contributed by atoms with van der Waals surface area (Å²) in [5.41, 5.74) is 12.6. The number of para-hydroxylation sites is 3. The standard InChI is InChI=1S/C38H25NO2/c1-4-10-35-29(7-1)30-8-2-5-11-36(30)39(35)28-17-15-27-23-40-22-26-14-13-24(19-33(26)34(27)21-28)25-16-18-32-31-9-3-6-12-37(31)41-38(32)20-25/h1-21H,22-23H2. The average Bonchev–Trinajstić information content (AvgIpc) is 3.50. The van der Waals surface area contributed by atoms with E-state index in [1.54, 1.807) is 0 Å². The zero-order valence-corrected chi connectivity index (χ0v) is 22.3. The molecule has 6 aromatic carbocycles. The molecule has 2 aromatic heterocycles. The topological polar surface area (TPSA) is 27.3 Å². The number of fused-ring (bicyclic) bond motifs is 9. The van der Waals surface area contributed by atoms with Crippen LogP contribution < -0.4 is 0 Å². The zero-order valence-electron chi connectivity index (χ0n) is 22.3. The first-order valence-electron chi connectivity index (χ1n) is 14.1. The van der Waals surface area contributed by atoms with Gasteiger partial charge in [-0.05, 0) is 81.9 Å². The summed E-state index contributed by atoms with van der Waals surface area (Å²) in [6.07, 6.45) is 0. The van der Waals surface area contributed by atoms with Gasteiger partial charge in [0.15, 0.2) is 0 Å². The summed E-state index contributed by atoms with van der Waals surface area (Å²) in [5.74, 6) is 0.